The van der Waals surface area contributed by atoms with E-state index in [2.05, 4.69) is 15.9 Å². The van der Waals surface area contributed by atoms with Crippen LogP contribution < -0.4 is 4.74 Å². The molecule has 0 aliphatic rings. The molecule has 2 aromatic heterocycles. The summed E-state index contributed by atoms with van der Waals surface area (Å²) in [7, 11) is 1.30. The van der Waals surface area contributed by atoms with Gasteiger partial charge in [-0.25, -0.2) is 9.59 Å². The fourth-order valence-electron chi connectivity index (χ4n) is 1.83. The van der Waals surface area contributed by atoms with E-state index in [-0.39, 0.29) is 6.61 Å². The van der Waals surface area contributed by atoms with Gasteiger partial charge in [-0.05, 0) is 53.5 Å². The van der Waals surface area contributed by atoms with Crippen molar-refractivity contribution in [2.45, 2.75) is 26.4 Å². The molecular formula is C16H17BrO5S2. The molecule has 0 spiro atoms. The van der Waals surface area contributed by atoms with Gasteiger partial charge in [0.05, 0.1) is 16.5 Å². The van der Waals surface area contributed by atoms with Gasteiger partial charge in [0, 0.05) is 5.56 Å². The summed E-state index contributed by atoms with van der Waals surface area (Å²) in [5, 5.41) is 3.91. The van der Waals surface area contributed by atoms with Crippen molar-refractivity contribution in [1.82, 2.24) is 0 Å². The first-order valence-corrected chi connectivity index (χ1v) is 9.56. The molecule has 0 atom stereocenters. The molecule has 0 aliphatic carbocycles. The van der Waals surface area contributed by atoms with Crippen molar-refractivity contribution < 1.29 is 23.8 Å². The van der Waals surface area contributed by atoms with Crippen molar-refractivity contribution >= 4 is 50.5 Å². The van der Waals surface area contributed by atoms with E-state index in [9.17, 15) is 9.59 Å². The number of hydrogen-bond acceptors (Lipinski definition) is 7. The Hall–Kier alpha value is -1.38. The van der Waals surface area contributed by atoms with Gasteiger partial charge in [-0.1, -0.05) is 0 Å². The molecule has 0 saturated heterocycles. The summed E-state index contributed by atoms with van der Waals surface area (Å²) in [5.74, 6) is -0.728. The molecule has 0 fully saturated rings. The highest BCUT2D eigenvalue weighted by molar-refractivity contribution is 9.10. The average molecular weight is 433 g/mol. The van der Waals surface area contributed by atoms with Crippen molar-refractivity contribution in [2.24, 2.45) is 0 Å². The van der Waals surface area contributed by atoms with Crippen molar-refractivity contribution in [1.29, 1.82) is 0 Å². The highest BCUT2D eigenvalue weighted by atomic mass is 79.9. The minimum absolute atomic E-state index is 0.291. The second kappa shape index (κ2) is 7.67. The largest absolute Gasteiger partial charge is 0.479 e. The molecule has 0 saturated carbocycles. The molecule has 24 heavy (non-hydrogen) atoms. The molecule has 0 amide bonds. The zero-order chi connectivity index (χ0) is 17.9. The number of hydrogen-bond donors (Lipinski definition) is 0. The Morgan fingerprint density at radius 3 is 2.54 bits per heavy atom. The first-order valence-electron chi connectivity index (χ1n) is 7.00. The molecule has 0 bridgehead atoms. The van der Waals surface area contributed by atoms with E-state index >= 15 is 0 Å². The minimum Gasteiger partial charge on any atom is -0.479 e. The summed E-state index contributed by atoms with van der Waals surface area (Å²) < 4.78 is 16.2. The molecule has 8 heteroatoms. The van der Waals surface area contributed by atoms with Crippen LogP contribution in [0.25, 0.3) is 10.4 Å². The van der Waals surface area contributed by atoms with E-state index in [1.165, 1.54) is 18.4 Å². The zero-order valence-electron chi connectivity index (χ0n) is 13.7. The SMILES string of the molecule is COC(=O)c1sc(-c2ccsc2)c(Br)c1OCC(=O)OC(C)(C)C. The van der Waals surface area contributed by atoms with Crippen LogP contribution in [0.1, 0.15) is 30.4 Å². The van der Waals surface area contributed by atoms with Gasteiger partial charge in [0.2, 0.25) is 0 Å². The maximum atomic E-state index is 12.0. The quantitative estimate of drug-likeness (QED) is 0.637. The predicted octanol–water partition coefficient (Wildman–Crippen LogP) is 4.75. The van der Waals surface area contributed by atoms with E-state index in [1.54, 1.807) is 32.1 Å². The number of methoxy groups -OCH3 is 1. The first-order chi connectivity index (χ1) is 11.2. The van der Waals surface area contributed by atoms with Crippen LogP contribution in [0, 0.1) is 0 Å². The van der Waals surface area contributed by atoms with E-state index in [0.29, 0.717) is 15.1 Å². The fourth-order valence-corrected chi connectivity index (χ4v) is 4.52. The first kappa shape index (κ1) is 19.0. The van der Waals surface area contributed by atoms with Crippen LogP contribution in [0.3, 0.4) is 0 Å². The highest BCUT2D eigenvalue weighted by Gasteiger charge is 2.26. The third-order valence-corrected chi connectivity index (χ3v) is 5.62. The van der Waals surface area contributed by atoms with Gasteiger partial charge in [-0.15, -0.1) is 11.3 Å². The molecule has 0 aromatic carbocycles. The lowest BCUT2D eigenvalue weighted by molar-refractivity contribution is -0.157. The summed E-state index contributed by atoms with van der Waals surface area (Å²) in [5.41, 5.74) is 0.369. The van der Waals surface area contributed by atoms with Crippen LogP contribution in [0.5, 0.6) is 5.75 Å². The van der Waals surface area contributed by atoms with Crippen LogP contribution in [0.2, 0.25) is 0 Å². The van der Waals surface area contributed by atoms with Crippen LogP contribution >= 0.6 is 38.6 Å². The maximum absolute atomic E-state index is 12.0. The van der Waals surface area contributed by atoms with Crippen LogP contribution in [-0.2, 0) is 14.3 Å². The monoisotopic (exact) mass is 432 g/mol. The number of thiophene rings is 2. The maximum Gasteiger partial charge on any atom is 0.351 e. The molecule has 0 radical (unpaired) electrons. The fraction of sp³-hybridized carbons (Fsp3) is 0.375. The van der Waals surface area contributed by atoms with Gasteiger partial charge in [-0.3, -0.25) is 0 Å². The third-order valence-electron chi connectivity index (χ3n) is 2.72. The van der Waals surface area contributed by atoms with Gasteiger partial charge in [0.15, 0.2) is 17.2 Å². The van der Waals surface area contributed by atoms with Crippen molar-refractivity contribution in [3.05, 3.63) is 26.2 Å². The molecule has 2 rings (SSSR count). The van der Waals surface area contributed by atoms with Gasteiger partial charge in [0.25, 0.3) is 0 Å². The van der Waals surface area contributed by atoms with Gasteiger partial charge >= 0.3 is 11.9 Å². The van der Waals surface area contributed by atoms with Gasteiger partial charge in [-0.2, -0.15) is 11.3 Å². The van der Waals surface area contributed by atoms with Crippen molar-refractivity contribution in [3.63, 3.8) is 0 Å². The standard InChI is InChI=1S/C16H17BrO5S2/c1-16(2,3)22-10(18)7-21-12-11(17)13(9-5-6-23-8-9)24-14(12)15(19)20-4/h5-6,8H,7H2,1-4H3. The Bertz CT molecular complexity index is 728. The Kier molecular flexibility index (Phi) is 6.06. The van der Waals surface area contributed by atoms with Gasteiger partial charge in [0.1, 0.15) is 5.60 Å². The van der Waals surface area contributed by atoms with Crippen molar-refractivity contribution in [3.8, 4) is 16.2 Å². The average Bonchev–Trinajstić information content (AvgIpc) is 3.10. The van der Waals surface area contributed by atoms with Gasteiger partial charge < -0.3 is 14.2 Å². The molecule has 0 aliphatic heterocycles. The summed E-state index contributed by atoms with van der Waals surface area (Å²) in [6, 6.07) is 1.94. The normalized spacial score (nSPS) is 11.2. The van der Waals surface area contributed by atoms with Crippen LogP contribution in [0.4, 0.5) is 0 Å². The molecule has 0 N–H and O–H groups in total. The number of carbonyl (C=O) groups is 2. The second-order valence-electron chi connectivity index (χ2n) is 5.78. The van der Waals surface area contributed by atoms with Crippen LogP contribution in [-0.4, -0.2) is 31.3 Å². The molecule has 5 nitrogen and oxygen atoms in total. The Balaban J connectivity index is 2.27. The molecule has 2 heterocycles. The lowest BCUT2D eigenvalue weighted by Crippen LogP contribution is -2.27. The molecule has 2 aromatic rings. The van der Waals surface area contributed by atoms with E-state index in [1.807, 2.05) is 16.8 Å². The number of halogens is 1. The number of esters is 2. The molecule has 130 valence electrons. The number of rotatable bonds is 5. The summed E-state index contributed by atoms with van der Waals surface area (Å²) in [6.45, 7) is 5.04. The zero-order valence-corrected chi connectivity index (χ0v) is 16.9. The Labute approximate surface area is 156 Å². The van der Waals surface area contributed by atoms with Crippen LogP contribution in [0.15, 0.2) is 21.3 Å². The third kappa shape index (κ3) is 4.58. The van der Waals surface area contributed by atoms with Crippen molar-refractivity contribution in [2.75, 3.05) is 13.7 Å². The van der Waals surface area contributed by atoms with E-state index in [0.717, 1.165) is 10.4 Å². The summed E-state index contributed by atoms with van der Waals surface area (Å²) >= 11 is 6.26. The summed E-state index contributed by atoms with van der Waals surface area (Å²) in [6.07, 6.45) is 0. The summed E-state index contributed by atoms with van der Waals surface area (Å²) in [4.78, 5) is 25.0. The lowest BCUT2D eigenvalue weighted by Gasteiger charge is -2.19. The number of carbonyl (C=O) groups excluding carboxylic acids is 2. The lowest BCUT2D eigenvalue weighted by atomic mass is 10.2. The highest BCUT2D eigenvalue weighted by Crippen LogP contribution is 2.46. The topological polar surface area (TPSA) is 61.8 Å². The smallest absolute Gasteiger partial charge is 0.351 e. The Morgan fingerprint density at radius 1 is 1.29 bits per heavy atom. The minimum atomic E-state index is -0.598. The van der Waals surface area contributed by atoms with E-state index in [4.69, 9.17) is 14.2 Å². The Morgan fingerprint density at radius 2 is 2.00 bits per heavy atom. The number of ether oxygens (including phenoxy) is 3. The predicted molar refractivity (Wildman–Crippen MR) is 98.0 cm³/mol. The van der Waals surface area contributed by atoms with E-state index < -0.39 is 17.5 Å². The molecular weight excluding hydrogens is 416 g/mol. The molecule has 0 unspecified atom stereocenters. The second-order valence-corrected chi connectivity index (χ2v) is 8.38.